The smallest absolute Gasteiger partial charge is 0.222 e. The summed E-state index contributed by atoms with van der Waals surface area (Å²) in [7, 11) is 0. The normalized spacial score (nSPS) is 22.4. The average molecular weight is 332 g/mol. The van der Waals surface area contributed by atoms with E-state index in [9.17, 15) is 4.79 Å². The molecule has 0 aliphatic carbocycles. The van der Waals surface area contributed by atoms with Gasteiger partial charge < -0.3 is 14.4 Å². The van der Waals surface area contributed by atoms with Crippen LogP contribution in [0.2, 0.25) is 0 Å². The molecule has 1 atom stereocenters. The lowest BCUT2D eigenvalue weighted by Gasteiger charge is -2.53. The number of unbranched alkanes of at least 4 members (excludes halogenated alkanes) is 1. The molecule has 0 bridgehead atoms. The van der Waals surface area contributed by atoms with Gasteiger partial charge in [0.25, 0.3) is 0 Å². The number of pyridine rings is 1. The van der Waals surface area contributed by atoms with Crippen LogP contribution in [0, 0.1) is 6.92 Å². The molecule has 1 aromatic rings. The van der Waals surface area contributed by atoms with Crippen LogP contribution < -0.4 is 0 Å². The maximum Gasteiger partial charge on any atom is 0.222 e. The van der Waals surface area contributed by atoms with Crippen molar-refractivity contribution in [3.8, 4) is 0 Å². The minimum atomic E-state index is -0.172. The number of aryl methyl sites for hydroxylation is 1. The van der Waals surface area contributed by atoms with E-state index in [1.165, 1.54) is 5.56 Å². The molecule has 3 rings (SSSR count). The van der Waals surface area contributed by atoms with Crippen LogP contribution in [0.1, 0.15) is 50.2 Å². The highest BCUT2D eigenvalue weighted by Crippen LogP contribution is 2.36. The lowest BCUT2D eigenvalue weighted by atomic mass is 9.84. The zero-order valence-corrected chi connectivity index (χ0v) is 14.8. The summed E-state index contributed by atoms with van der Waals surface area (Å²) in [5, 5.41) is 0. The topological polar surface area (TPSA) is 51.7 Å². The minimum Gasteiger partial charge on any atom is -0.373 e. The summed E-state index contributed by atoms with van der Waals surface area (Å²) in [6.45, 7) is 6.95. The van der Waals surface area contributed by atoms with E-state index in [2.05, 4.69) is 18.8 Å². The number of hydrogen-bond donors (Lipinski definition) is 0. The summed E-state index contributed by atoms with van der Waals surface area (Å²) in [4.78, 5) is 18.2. The Kier molecular flexibility index (Phi) is 5.51. The Balaban J connectivity index is 1.47. The average Bonchev–Trinajstić information content (AvgIpc) is 2.57. The van der Waals surface area contributed by atoms with Gasteiger partial charge in [0.15, 0.2) is 0 Å². The highest BCUT2D eigenvalue weighted by molar-refractivity contribution is 5.77. The molecule has 1 spiro atoms. The van der Waals surface area contributed by atoms with Crippen molar-refractivity contribution in [3.63, 3.8) is 0 Å². The van der Waals surface area contributed by atoms with Crippen molar-refractivity contribution >= 4 is 5.91 Å². The van der Waals surface area contributed by atoms with Crippen molar-refractivity contribution in [1.29, 1.82) is 0 Å². The molecule has 5 heteroatoms. The SMILES string of the molecule is CCCCC(=O)N1CC2(C[C@H](OCc3cnccc3C)CCO2)C1. The fourth-order valence-corrected chi connectivity index (χ4v) is 3.51. The summed E-state index contributed by atoms with van der Waals surface area (Å²) in [5.41, 5.74) is 2.18. The summed E-state index contributed by atoms with van der Waals surface area (Å²) < 4.78 is 12.1. The molecular weight excluding hydrogens is 304 g/mol. The Labute approximate surface area is 144 Å². The zero-order chi connectivity index (χ0) is 17.0. The fourth-order valence-electron chi connectivity index (χ4n) is 3.51. The van der Waals surface area contributed by atoms with Crippen molar-refractivity contribution in [3.05, 3.63) is 29.6 Å². The highest BCUT2D eigenvalue weighted by atomic mass is 16.5. The van der Waals surface area contributed by atoms with E-state index in [1.807, 2.05) is 17.2 Å². The van der Waals surface area contributed by atoms with Gasteiger partial charge in [0.05, 0.1) is 25.8 Å². The first kappa shape index (κ1) is 17.4. The van der Waals surface area contributed by atoms with E-state index < -0.39 is 0 Å². The van der Waals surface area contributed by atoms with Crippen molar-refractivity contribution in [2.24, 2.45) is 0 Å². The first-order valence-corrected chi connectivity index (χ1v) is 9.05. The summed E-state index contributed by atoms with van der Waals surface area (Å²) in [6.07, 6.45) is 8.38. The summed E-state index contributed by atoms with van der Waals surface area (Å²) in [5.74, 6) is 0.264. The molecule has 2 aliphatic rings. The van der Waals surface area contributed by atoms with Gasteiger partial charge in [-0.3, -0.25) is 9.78 Å². The summed E-state index contributed by atoms with van der Waals surface area (Å²) >= 11 is 0. The number of aromatic nitrogens is 1. The van der Waals surface area contributed by atoms with Crippen LogP contribution in [0.4, 0.5) is 0 Å². The van der Waals surface area contributed by atoms with E-state index in [0.29, 0.717) is 19.6 Å². The molecule has 3 heterocycles. The first-order chi connectivity index (χ1) is 11.6. The Morgan fingerprint density at radius 3 is 3.08 bits per heavy atom. The maximum absolute atomic E-state index is 12.1. The van der Waals surface area contributed by atoms with Gasteiger partial charge in [0, 0.05) is 31.8 Å². The van der Waals surface area contributed by atoms with Gasteiger partial charge in [-0.25, -0.2) is 0 Å². The standard InChI is InChI=1S/C19H28N2O3/c1-3-4-5-18(22)21-13-19(14-21)10-17(7-9-24-19)23-12-16-11-20-8-6-15(16)2/h6,8,11,17H,3-5,7,9-10,12-14H2,1-2H3/t17-/m1/s1. The first-order valence-electron chi connectivity index (χ1n) is 9.05. The molecule has 0 aromatic carbocycles. The Morgan fingerprint density at radius 1 is 1.50 bits per heavy atom. The maximum atomic E-state index is 12.1. The van der Waals surface area contributed by atoms with Gasteiger partial charge in [-0.15, -0.1) is 0 Å². The third-order valence-electron chi connectivity index (χ3n) is 5.12. The minimum absolute atomic E-state index is 0.172. The molecule has 24 heavy (non-hydrogen) atoms. The lowest BCUT2D eigenvalue weighted by Crippen LogP contribution is -2.67. The predicted octanol–water partition coefficient (Wildman–Crippen LogP) is 2.86. The molecule has 2 saturated heterocycles. The molecule has 0 saturated carbocycles. The molecule has 1 aromatic heterocycles. The molecular formula is C19H28N2O3. The van der Waals surface area contributed by atoms with E-state index in [4.69, 9.17) is 9.47 Å². The molecule has 132 valence electrons. The van der Waals surface area contributed by atoms with E-state index >= 15 is 0 Å². The molecule has 2 fully saturated rings. The third kappa shape index (κ3) is 3.95. The van der Waals surface area contributed by atoms with Gasteiger partial charge in [-0.05, 0) is 37.0 Å². The second kappa shape index (κ2) is 7.62. The van der Waals surface area contributed by atoms with Crippen LogP contribution >= 0.6 is 0 Å². The number of hydrogen-bond acceptors (Lipinski definition) is 4. The number of likely N-dealkylation sites (tertiary alicyclic amines) is 1. The van der Waals surface area contributed by atoms with Gasteiger partial charge >= 0.3 is 0 Å². The molecule has 0 radical (unpaired) electrons. The monoisotopic (exact) mass is 332 g/mol. The van der Waals surface area contributed by atoms with Gasteiger partial charge in [-0.2, -0.15) is 0 Å². The number of rotatable bonds is 6. The number of carbonyl (C=O) groups is 1. The van der Waals surface area contributed by atoms with Gasteiger partial charge in [-0.1, -0.05) is 13.3 Å². The molecule has 0 unspecified atom stereocenters. The molecule has 2 aliphatic heterocycles. The summed E-state index contributed by atoms with van der Waals surface area (Å²) in [6, 6.07) is 2.01. The Morgan fingerprint density at radius 2 is 2.33 bits per heavy atom. The quantitative estimate of drug-likeness (QED) is 0.804. The molecule has 5 nitrogen and oxygen atoms in total. The Bertz CT molecular complexity index is 569. The van der Waals surface area contributed by atoms with Gasteiger partial charge in [0.1, 0.15) is 5.60 Å². The van der Waals surface area contributed by atoms with Crippen LogP contribution in [0.3, 0.4) is 0 Å². The second-order valence-corrected chi connectivity index (χ2v) is 7.11. The van der Waals surface area contributed by atoms with Gasteiger partial charge in [0.2, 0.25) is 5.91 Å². The van der Waals surface area contributed by atoms with Crippen molar-refractivity contribution in [2.75, 3.05) is 19.7 Å². The van der Waals surface area contributed by atoms with Crippen molar-refractivity contribution in [2.45, 2.75) is 64.3 Å². The van der Waals surface area contributed by atoms with Crippen LogP contribution in [-0.4, -0.2) is 47.2 Å². The fraction of sp³-hybridized carbons (Fsp3) is 0.684. The van der Waals surface area contributed by atoms with Crippen LogP contribution in [0.5, 0.6) is 0 Å². The molecule has 1 amide bonds. The molecule has 0 N–H and O–H groups in total. The van der Waals surface area contributed by atoms with Crippen molar-refractivity contribution in [1.82, 2.24) is 9.88 Å². The largest absolute Gasteiger partial charge is 0.373 e. The van der Waals surface area contributed by atoms with E-state index in [-0.39, 0.29) is 17.6 Å². The van der Waals surface area contributed by atoms with E-state index in [0.717, 1.165) is 44.3 Å². The zero-order valence-electron chi connectivity index (χ0n) is 14.8. The highest BCUT2D eigenvalue weighted by Gasteiger charge is 2.49. The third-order valence-corrected chi connectivity index (χ3v) is 5.12. The Hall–Kier alpha value is -1.46. The lowest BCUT2D eigenvalue weighted by molar-refractivity contribution is -0.202. The van der Waals surface area contributed by atoms with Crippen molar-refractivity contribution < 1.29 is 14.3 Å². The number of carbonyl (C=O) groups excluding carboxylic acids is 1. The number of ether oxygens (including phenoxy) is 2. The van der Waals surface area contributed by atoms with Crippen LogP contribution in [-0.2, 0) is 20.9 Å². The van der Waals surface area contributed by atoms with Crippen LogP contribution in [0.15, 0.2) is 18.5 Å². The predicted molar refractivity (Wildman–Crippen MR) is 91.6 cm³/mol. The number of nitrogens with zero attached hydrogens (tertiary/aromatic N) is 2. The van der Waals surface area contributed by atoms with Crippen LogP contribution in [0.25, 0.3) is 0 Å². The van der Waals surface area contributed by atoms with E-state index in [1.54, 1.807) is 6.20 Å². The number of amides is 1. The second-order valence-electron chi connectivity index (χ2n) is 7.11.